The molecule has 0 aliphatic heterocycles. The van der Waals surface area contributed by atoms with Crippen LogP contribution in [0.15, 0.2) is 0 Å². The van der Waals surface area contributed by atoms with Crippen LogP contribution in [0.3, 0.4) is 0 Å². The second-order valence-electron chi connectivity index (χ2n) is 2.07. The third-order valence-electron chi connectivity index (χ3n) is 0. The minimum absolute atomic E-state index is 0. The van der Waals surface area contributed by atoms with Gasteiger partial charge in [0.05, 0.1) is 0 Å². The Hall–Kier alpha value is 1.35. The molecule has 0 aliphatic carbocycles. The third kappa shape index (κ3) is 55.4. The molecule has 0 bridgehead atoms. The zero-order valence-corrected chi connectivity index (χ0v) is 9.71. The first-order valence-electron chi connectivity index (χ1n) is 1.69. The summed E-state index contributed by atoms with van der Waals surface area (Å²) < 4.78 is 0.470. The average molecular weight is 249 g/mol. The van der Waals surface area contributed by atoms with Gasteiger partial charge in [0.25, 0.3) is 0 Å². The Morgan fingerprint density at radius 3 is 1.17 bits per heavy atom. The van der Waals surface area contributed by atoms with Crippen LogP contribution in [-0.2, 0) is 19.5 Å². The Labute approximate surface area is 66.0 Å². The van der Waals surface area contributed by atoms with E-state index >= 15 is 0 Å². The van der Waals surface area contributed by atoms with Crippen molar-refractivity contribution >= 4 is 22.6 Å². The van der Waals surface area contributed by atoms with Crippen molar-refractivity contribution in [2.75, 3.05) is 0 Å². The molecule has 0 N–H and O–H groups in total. The molecule has 32 valence electrons. The maximum atomic E-state index is 2.38. The van der Waals surface area contributed by atoms with Crippen molar-refractivity contribution in [2.45, 2.75) is 24.2 Å². The fourth-order valence-electron chi connectivity index (χ4n) is 0. The third-order valence-corrected chi connectivity index (χ3v) is 0. The standard InChI is InChI=1S/C4H9I.Zn/c1-4(2,3)5;/h1-3H3;/q;+2. The summed E-state index contributed by atoms with van der Waals surface area (Å²) in [6, 6.07) is 0. The summed E-state index contributed by atoms with van der Waals surface area (Å²) >= 11 is 2.38. The van der Waals surface area contributed by atoms with Gasteiger partial charge in [0, 0.05) is 3.42 Å². The van der Waals surface area contributed by atoms with Crippen LogP contribution in [-0.4, -0.2) is 3.42 Å². The van der Waals surface area contributed by atoms with Crippen molar-refractivity contribution in [1.29, 1.82) is 0 Å². The Kier molecular flexibility index (Phi) is 5.81. The first-order chi connectivity index (χ1) is 2.00. The number of hydrogen-bond acceptors (Lipinski definition) is 0. The minimum Gasteiger partial charge on any atom is -0.0798 e. The Morgan fingerprint density at radius 1 is 1.17 bits per heavy atom. The molecule has 0 atom stereocenters. The average Bonchev–Trinajstić information content (AvgIpc) is 0.722. The Balaban J connectivity index is 0. The molecule has 0 aromatic heterocycles. The molecule has 0 heterocycles. The Bertz CT molecular complexity index is 23.0. The molecular weight excluding hydrogens is 240 g/mol. The molecule has 6 heavy (non-hydrogen) atoms. The van der Waals surface area contributed by atoms with Gasteiger partial charge in [0.1, 0.15) is 0 Å². The van der Waals surface area contributed by atoms with E-state index in [0.29, 0.717) is 3.42 Å². The van der Waals surface area contributed by atoms with E-state index < -0.39 is 0 Å². The Morgan fingerprint density at radius 2 is 1.17 bits per heavy atom. The van der Waals surface area contributed by atoms with E-state index in [1.165, 1.54) is 0 Å². The molecule has 0 radical (unpaired) electrons. The molecule has 0 aliphatic rings. The number of hydrogen-bond donors (Lipinski definition) is 0. The second-order valence-corrected chi connectivity index (χ2v) is 5.30. The van der Waals surface area contributed by atoms with Gasteiger partial charge in [-0.25, -0.2) is 0 Å². The van der Waals surface area contributed by atoms with Crippen molar-refractivity contribution in [3.05, 3.63) is 0 Å². The van der Waals surface area contributed by atoms with Gasteiger partial charge < -0.3 is 0 Å². The van der Waals surface area contributed by atoms with Gasteiger partial charge >= 0.3 is 19.5 Å². The summed E-state index contributed by atoms with van der Waals surface area (Å²) in [5.74, 6) is 0. The zero-order chi connectivity index (χ0) is 4.50. The topological polar surface area (TPSA) is 0 Å². The first kappa shape index (κ1) is 10.4. The molecule has 0 rings (SSSR count). The predicted octanol–water partition coefficient (Wildman–Crippen LogP) is 2.22. The second kappa shape index (κ2) is 3.37. The van der Waals surface area contributed by atoms with Crippen molar-refractivity contribution < 1.29 is 19.5 Å². The van der Waals surface area contributed by atoms with Crippen LogP contribution in [0.1, 0.15) is 20.8 Å². The fourth-order valence-corrected chi connectivity index (χ4v) is 0. The normalized spacial score (nSPS) is 10.0. The van der Waals surface area contributed by atoms with E-state index in [-0.39, 0.29) is 19.5 Å². The summed E-state index contributed by atoms with van der Waals surface area (Å²) in [6.45, 7) is 6.52. The summed E-state index contributed by atoms with van der Waals surface area (Å²) in [4.78, 5) is 0. The van der Waals surface area contributed by atoms with Crippen LogP contribution in [0.25, 0.3) is 0 Å². The smallest absolute Gasteiger partial charge is 0.0798 e. The quantitative estimate of drug-likeness (QED) is 0.351. The number of halogens is 1. The maximum absolute atomic E-state index is 2.38. The predicted molar refractivity (Wildman–Crippen MR) is 33.8 cm³/mol. The molecule has 0 nitrogen and oxygen atoms in total. The zero-order valence-electron chi connectivity index (χ0n) is 4.59. The van der Waals surface area contributed by atoms with Crippen LogP contribution in [0.5, 0.6) is 0 Å². The van der Waals surface area contributed by atoms with Gasteiger partial charge in [-0.05, 0) is 0 Å². The fraction of sp³-hybridized carbons (Fsp3) is 1.00. The van der Waals surface area contributed by atoms with Gasteiger partial charge in [-0.2, -0.15) is 0 Å². The largest absolute Gasteiger partial charge is 2.00 e. The SMILES string of the molecule is CC(C)(C)I.[Zn+2]. The van der Waals surface area contributed by atoms with Crippen molar-refractivity contribution in [3.63, 3.8) is 0 Å². The van der Waals surface area contributed by atoms with E-state index in [1.807, 2.05) is 0 Å². The number of rotatable bonds is 0. The number of alkyl halides is 1. The monoisotopic (exact) mass is 248 g/mol. The molecule has 0 aromatic carbocycles. The minimum atomic E-state index is 0. The molecular formula is C4H9IZn+2. The van der Waals surface area contributed by atoms with Crippen LogP contribution in [0.2, 0.25) is 0 Å². The van der Waals surface area contributed by atoms with E-state index in [0.717, 1.165) is 0 Å². The van der Waals surface area contributed by atoms with Gasteiger partial charge in [-0.3, -0.25) is 0 Å². The maximum Gasteiger partial charge on any atom is 2.00 e. The van der Waals surface area contributed by atoms with Gasteiger partial charge in [-0.15, -0.1) is 0 Å². The van der Waals surface area contributed by atoms with E-state index in [9.17, 15) is 0 Å². The van der Waals surface area contributed by atoms with Gasteiger partial charge in [-0.1, -0.05) is 43.4 Å². The molecule has 0 amide bonds. The molecule has 0 spiro atoms. The van der Waals surface area contributed by atoms with Gasteiger partial charge in [0.15, 0.2) is 0 Å². The van der Waals surface area contributed by atoms with Crippen LogP contribution < -0.4 is 0 Å². The molecule has 0 aromatic rings. The first-order valence-corrected chi connectivity index (χ1v) is 2.77. The summed E-state index contributed by atoms with van der Waals surface area (Å²) in [6.07, 6.45) is 0. The molecule has 2 heteroatoms. The summed E-state index contributed by atoms with van der Waals surface area (Å²) in [5, 5.41) is 0. The van der Waals surface area contributed by atoms with Crippen molar-refractivity contribution in [1.82, 2.24) is 0 Å². The molecule has 0 fully saturated rings. The van der Waals surface area contributed by atoms with E-state index in [1.54, 1.807) is 0 Å². The molecule has 0 saturated heterocycles. The molecule has 0 unspecified atom stereocenters. The van der Waals surface area contributed by atoms with E-state index in [4.69, 9.17) is 0 Å². The van der Waals surface area contributed by atoms with Gasteiger partial charge in [0.2, 0.25) is 0 Å². The summed E-state index contributed by atoms with van der Waals surface area (Å²) in [5.41, 5.74) is 0. The summed E-state index contributed by atoms with van der Waals surface area (Å²) in [7, 11) is 0. The van der Waals surface area contributed by atoms with Crippen LogP contribution in [0.4, 0.5) is 0 Å². The van der Waals surface area contributed by atoms with Crippen LogP contribution in [0, 0.1) is 0 Å². The van der Waals surface area contributed by atoms with Crippen molar-refractivity contribution in [3.8, 4) is 0 Å². The molecule has 0 saturated carbocycles. The van der Waals surface area contributed by atoms with Crippen LogP contribution >= 0.6 is 22.6 Å². The van der Waals surface area contributed by atoms with Crippen molar-refractivity contribution in [2.24, 2.45) is 0 Å². The van der Waals surface area contributed by atoms with E-state index in [2.05, 4.69) is 43.4 Å².